The topological polar surface area (TPSA) is 72.2 Å². The molecule has 118 valence electrons. The van der Waals surface area contributed by atoms with Gasteiger partial charge in [0.2, 0.25) is 5.91 Å². The molecule has 0 spiro atoms. The van der Waals surface area contributed by atoms with Gasteiger partial charge in [0.1, 0.15) is 12.1 Å². The van der Waals surface area contributed by atoms with Crippen molar-refractivity contribution in [1.82, 2.24) is 19.8 Å². The number of rotatable bonds is 4. The molecule has 1 N–H and O–H groups in total. The summed E-state index contributed by atoms with van der Waals surface area (Å²) >= 11 is 0. The van der Waals surface area contributed by atoms with Gasteiger partial charge in [-0.2, -0.15) is 5.10 Å². The lowest BCUT2D eigenvalue weighted by atomic mass is 10.0. The number of nitrogens with one attached hydrogen (secondary N) is 1. The van der Waals surface area contributed by atoms with E-state index in [1.807, 2.05) is 13.8 Å². The van der Waals surface area contributed by atoms with Crippen LogP contribution in [-0.2, 0) is 11.2 Å². The fraction of sp³-hybridized carbons (Fsp3) is 0.250. The Morgan fingerprint density at radius 1 is 1.26 bits per heavy atom. The third-order valence-electron chi connectivity index (χ3n) is 3.74. The van der Waals surface area contributed by atoms with Gasteiger partial charge in [-0.3, -0.25) is 4.79 Å². The Balaban J connectivity index is 1.70. The summed E-state index contributed by atoms with van der Waals surface area (Å²) in [6.45, 7) is 3.85. The van der Waals surface area contributed by atoms with Gasteiger partial charge in [-0.15, -0.1) is 10.2 Å². The molecular formula is C16H16FN5O. The highest BCUT2D eigenvalue weighted by Gasteiger charge is 2.12. The van der Waals surface area contributed by atoms with E-state index in [2.05, 4.69) is 20.6 Å². The van der Waals surface area contributed by atoms with Crippen LogP contribution in [-0.4, -0.2) is 25.7 Å². The van der Waals surface area contributed by atoms with Crippen LogP contribution in [0.1, 0.15) is 23.2 Å². The zero-order valence-corrected chi connectivity index (χ0v) is 12.9. The summed E-state index contributed by atoms with van der Waals surface area (Å²) in [5, 5.41) is 15.0. The number of aryl methyl sites for hydroxylation is 2. The third-order valence-corrected chi connectivity index (χ3v) is 3.74. The van der Waals surface area contributed by atoms with Crippen LogP contribution in [0.3, 0.4) is 0 Å². The van der Waals surface area contributed by atoms with Crippen LogP contribution in [0.25, 0.3) is 5.65 Å². The maximum Gasteiger partial charge on any atom is 0.224 e. The lowest BCUT2D eigenvalue weighted by Crippen LogP contribution is -2.14. The minimum Gasteiger partial charge on any atom is -0.326 e. The largest absolute Gasteiger partial charge is 0.326 e. The molecule has 0 fully saturated rings. The van der Waals surface area contributed by atoms with Crippen molar-refractivity contribution in [3.63, 3.8) is 0 Å². The van der Waals surface area contributed by atoms with E-state index in [-0.39, 0.29) is 11.7 Å². The molecular weight excluding hydrogens is 297 g/mol. The quantitative estimate of drug-likeness (QED) is 0.803. The van der Waals surface area contributed by atoms with Crippen LogP contribution in [0, 0.1) is 19.7 Å². The number of nitrogens with zero attached hydrogens (tertiary/aromatic N) is 4. The van der Waals surface area contributed by atoms with Gasteiger partial charge in [0, 0.05) is 17.7 Å². The fourth-order valence-corrected chi connectivity index (χ4v) is 2.54. The fourth-order valence-electron chi connectivity index (χ4n) is 2.54. The highest BCUT2D eigenvalue weighted by molar-refractivity contribution is 5.90. The first kappa shape index (κ1) is 15.1. The van der Waals surface area contributed by atoms with E-state index in [9.17, 15) is 9.18 Å². The molecule has 1 aromatic carbocycles. The number of amides is 1. The normalized spacial score (nSPS) is 10.9. The van der Waals surface area contributed by atoms with E-state index in [1.165, 1.54) is 24.3 Å². The second-order valence-corrected chi connectivity index (χ2v) is 5.34. The molecule has 0 aliphatic rings. The van der Waals surface area contributed by atoms with E-state index in [1.54, 1.807) is 10.8 Å². The highest BCUT2D eigenvalue weighted by Crippen LogP contribution is 2.17. The lowest BCUT2D eigenvalue weighted by molar-refractivity contribution is -0.116. The maximum atomic E-state index is 12.9. The van der Waals surface area contributed by atoms with Gasteiger partial charge in [-0.25, -0.2) is 8.91 Å². The molecule has 0 radical (unpaired) electrons. The van der Waals surface area contributed by atoms with E-state index in [4.69, 9.17) is 0 Å². The Morgan fingerprint density at radius 3 is 2.74 bits per heavy atom. The van der Waals surface area contributed by atoms with Gasteiger partial charge in [-0.05, 0) is 50.1 Å². The minimum atomic E-state index is -0.332. The predicted octanol–water partition coefficient (Wildman–Crippen LogP) is 2.45. The number of carbonyl (C=O) groups excluding carboxylic acids is 1. The molecule has 1 amide bonds. The van der Waals surface area contributed by atoms with Crippen molar-refractivity contribution in [3.05, 3.63) is 53.2 Å². The van der Waals surface area contributed by atoms with Crippen LogP contribution < -0.4 is 5.32 Å². The molecule has 23 heavy (non-hydrogen) atoms. The highest BCUT2D eigenvalue weighted by atomic mass is 19.1. The molecule has 2 aromatic heterocycles. The van der Waals surface area contributed by atoms with Crippen molar-refractivity contribution >= 4 is 17.2 Å². The average Bonchev–Trinajstić information content (AvgIpc) is 2.98. The average molecular weight is 313 g/mol. The van der Waals surface area contributed by atoms with Gasteiger partial charge in [0.25, 0.3) is 0 Å². The molecule has 7 heteroatoms. The minimum absolute atomic E-state index is 0.128. The van der Waals surface area contributed by atoms with Crippen molar-refractivity contribution < 1.29 is 9.18 Å². The van der Waals surface area contributed by atoms with Gasteiger partial charge in [-0.1, -0.05) is 0 Å². The van der Waals surface area contributed by atoms with Crippen LogP contribution in [0.2, 0.25) is 0 Å². The first-order valence-corrected chi connectivity index (χ1v) is 7.26. The monoisotopic (exact) mass is 313 g/mol. The van der Waals surface area contributed by atoms with E-state index >= 15 is 0 Å². The maximum absolute atomic E-state index is 12.9. The van der Waals surface area contributed by atoms with E-state index < -0.39 is 0 Å². The number of fused-ring (bicyclic) bond motifs is 1. The molecule has 6 nitrogen and oxygen atoms in total. The van der Waals surface area contributed by atoms with Crippen molar-refractivity contribution in [3.8, 4) is 0 Å². The van der Waals surface area contributed by atoms with Gasteiger partial charge >= 0.3 is 0 Å². The number of anilines is 1. The number of benzene rings is 1. The molecule has 0 aliphatic carbocycles. The number of hydrogen-bond acceptors (Lipinski definition) is 4. The summed E-state index contributed by atoms with van der Waals surface area (Å²) in [5.74, 6) is -0.460. The first-order valence-electron chi connectivity index (χ1n) is 7.26. The molecule has 3 aromatic rings. The van der Waals surface area contributed by atoms with Crippen molar-refractivity contribution in [1.29, 1.82) is 0 Å². The first-order chi connectivity index (χ1) is 11.0. The third kappa shape index (κ3) is 3.18. The standard InChI is InChI=1S/C16H16FN5O/c1-10-14(11(2)21-22-9-18-20-16(10)22)7-8-15(23)19-13-5-3-12(17)4-6-13/h3-6,9H,7-8H2,1-2H3,(H,19,23). The molecule has 0 saturated heterocycles. The second kappa shape index (κ2) is 6.12. The van der Waals surface area contributed by atoms with Gasteiger partial charge in [0.15, 0.2) is 5.65 Å². The smallest absolute Gasteiger partial charge is 0.224 e. The van der Waals surface area contributed by atoms with E-state index in [0.29, 0.717) is 24.2 Å². The zero-order chi connectivity index (χ0) is 16.4. The Morgan fingerprint density at radius 2 is 2.00 bits per heavy atom. The number of aromatic nitrogens is 4. The summed E-state index contributed by atoms with van der Waals surface area (Å²) in [6, 6.07) is 5.70. The van der Waals surface area contributed by atoms with Crippen molar-refractivity contribution in [2.75, 3.05) is 5.32 Å². The Kier molecular flexibility index (Phi) is 4.01. The second-order valence-electron chi connectivity index (χ2n) is 5.34. The van der Waals surface area contributed by atoms with E-state index in [0.717, 1.165) is 16.8 Å². The van der Waals surface area contributed by atoms with Crippen LogP contribution in [0.4, 0.5) is 10.1 Å². The zero-order valence-electron chi connectivity index (χ0n) is 12.9. The van der Waals surface area contributed by atoms with Crippen LogP contribution in [0.5, 0.6) is 0 Å². The van der Waals surface area contributed by atoms with Crippen LogP contribution in [0.15, 0.2) is 30.6 Å². The summed E-state index contributed by atoms with van der Waals surface area (Å²) in [4.78, 5) is 12.0. The number of halogens is 1. The Hall–Kier alpha value is -2.83. The summed E-state index contributed by atoms with van der Waals surface area (Å²) in [6.07, 6.45) is 2.42. The molecule has 0 atom stereocenters. The summed E-state index contributed by atoms with van der Waals surface area (Å²) in [7, 11) is 0. The van der Waals surface area contributed by atoms with Gasteiger partial charge < -0.3 is 5.32 Å². The molecule has 0 aliphatic heterocycles. The van der Waals surface area contributed by atoms with Crippen molar-refractivity contribution in [2.24, 2.45) is 0 Å². The summed E-state index contributed by atoms with van der Waals surface area (Å²) in [5.41, 5.74) is 4.11. The Labute approximate surface area is 132 Å². The Bertz CT molecular complexity index is 857. The molecule has 2 heterocycles. The predicted molar refractivity (Wildman–Crippen MR) is 83.6 cm³/mol. The number of hydrogen-bond donors (Lipinski definition) is 1. The van der Waals surface area contributed by atoms with Crippen molar-refractivity contribution in [2.45, 2.75) is 26.7 Å². The molecule has 0 saturated carbocycles. The van der Waals surface area contributed by atoms with Gasteiger partial charge in [0.05, 0.1) is 5.69 Å². The van der Waals surface area contributed by atoms with Crippen LogP contribution >= 0.6 is 0 Å². The molecule has 0 unspecified atom stereocenters. The summed E-state index contributed by atoms with van der Waals surface area (Å²) < 4.78 is 14.5. The SMILES string of the molecule is Cc1nn2cnnc2c(C)c1CCC(=O)Nc1ccc(F)cc1. The number of carbonyl (C=O) groups is 1. The molecule has 3 rings (SSSR count). The lowest BCUT2D eigenvalue weighted by Gasteiger charge is -2.10. The molecule has 0 bridgehead atoms.